The van der Waals surface area contributed by atoms with Gasteiger partial charge in [0.1, 0.15) is 5.69 Å². The number of carbonyl (C=O) groups is 2. The van der Waals surface area contributed by atoms with Crippen molar-refractivity contribution in [1.82, 2.24) is 15.7 Å². The summed E-state index contributed by atoms with van der Waals surface area (Å²) in [6.45, 7) is -0.171. The zero-order valence-corrected chi connectivity index (χ0v) is 12.3. The molecule has 2 N–H and O–H groups in total. The number of nitrogens with zero attached hydrogens (tertiary/aromatic N) is 2. The second-order valence-corrected chi connectivity index (χ2v) is 4.48. The van der Waals surface area contributed by atoms with Gasteiger partial charge in [-0.05, 0) is 23.8 Å². The van der Waals surface area contributed by atoms with Gasteiger partial charge < -0.3 is 5.32 Å². The lowest BCUT2D eigenvalue weighted by Gasteiger charge is -2.02. The van der Waals surface area contributed by atoms with E-state index in [1.54, 1.807) is 24.3 Å². The molecular weight excluding hydrogens is 292 g/mol. The Balaban J connectivity index is 1.70. The number of hydrogen-bond donors (Lipinski definition) is 2. The molecule has 6 heteroatoms. The molecule has 0 aliphatic carbocycles. The highest BCUT2D eigenvalue weighted by molar-refractivity contribution is 5.94. The number of hydrazone groups is 1. The second-order valence-electron chi connectivity index (χ2n) is 4.48. The zero-order chi connectivity index (χ0) is 16.3. The van der Waals surface area contributed by atoms with Crippen molar-refractivity contribution in [3.05, 3.63) is 72.1 Å². The van der Waals surface area contributed by atoms with Gasteiger partial charge in [-0.3, -0.25) is 14.6 Å². The first kappa shape index (κ1) is 16.1. The molecule has 0 aliphatic heterocycles. The molecule has 1 heterocycles. The fraction of sp³-hybridized carbons (Fsp3) is 0.0588. The molecule has 6 nitrogen and oxygen atoms in total. The summed E-state index contributed by atoms with van der Waals surface area (Å²) in [5, 5.41) is 6.22. The van der Waals surface area contributed by atoms with Gasteiger partial charge in [0, 0.05) is 12.4 Å². The molecule has 23 heavy (non-hydrogen) atoms. The van der Waals surface area contributed by atoms with E-state index in [4.69, 9.17) is 0 Å². The number of allylic oxidation sites excluding steroid dienone is 1. The first-order chi connectivity index (χ1) is 11.3. The SMILES string of the molecule is O=C(CNC(=O)c1ccccn1)N/N=C\C=C\c1ccccc1. The molecule has 0 saturated heterocycles. The fourth-order valence-corrected chi connectivity index (χ4v) is 1.66. The van der Waals surface area contributed by atoms with Crippen LogP contribution >= 0.6 is 0 Å². The first-order valence-corrected chi connectivity index (χ1v) is 6.98. The van der Waals surface area contributed by atoms with Crippen molar-refractivity contribution in [2.45, 2.75) is 0 Å². The van der Waals surface area contributed by atoms with Gasteiger partial charge >= 0.3 is 0 Å². The standard InChI is InChI=1S/C17H16N4O2/c22-16(13-19-17(23)15-10-4-5-11-18-15)21-20-12-6-9-14-7-2-1-3-8-14/h1-12H,13H2,(H,19,23)(H,21,22)/b9-6+,20-12-. The third-order valence-electron chi connectivity index (χ3n) is 2.75. The van der Waals surface area contributed by atoms with E-state index < -0.39 is 11.8 Å². The summed E-state index contributed by atoms with van der Waals surface area (Å²) in [4.78, 5) is 27.1. The van der Waals surface area contributed by atoms with Gasteiger partial charge in [-0.1, -0.05) is 42.5 Å². The molecule has 0 unspecified atom stereocenters. The summed E-state index contributed by atoms with van der Waals surface area (Å²) in [6, 6.07) is 14.7. The highest BCUT2D eigenvalue weighted by atomic mass is 16.2. The van der Waals surface area contributed by atoms with Crippen LogP contribution in [0.15, 0.2) is 65.9 Å². The van der Waals surface area contributed by atoms with Crippen LogP contribution in [0.3, 0.4) is 0 Å². The smallest absolute Gasteiger partial charge is 0.270 e. The van der Waals surface area contributed by atoms with Crippen LogP contribution in [-0.4, -0.2) is 29.6 Å². The molecule has 1 aromatic carbocycles. The van der Waals surface area contributed by atoms with Crippen LogP contribution in [0.2, 0.25) is 0 Å². The molecule has 1 aromatic heterocycles. The van der Waals surface area contributed by atoms with Crippen LogP contribution < -0.4 is 10.7 Å². The van der Waals surface area contributed by atoms with E-state index in [9.17, 15) is 9.59 Å². The summed E-state index contributed by atoms with van der Waals surface area (Å²) >= 11 is 0. The highest BCUT2D eigenvalue weighted by Crippen LogP contribution is 1.99. The Bertz CT molecular complexity index is 697. The molecule has 2 amide bonds. The predicted molar refractivity (Wildman–Crippen MR) is 88.7 cm³/mol. The van der Waals surface area contributed by atoms with Crippen LogP contribution in [0.4, 0.5) is 0 Å². The Morgan fingerprint density at radius 3 is 2.61 bits per heavy atom. The van der Waals surface area contributed by atoms with Crippen molar-refractivity contribution in [1.29, 1.82) is 0 Å². The summed E-state index contributed by atoms with van der Waals surface area (Å²) in [6.07, 6.45) is 6.55. The summed E-state index contributed by atoms with van der Waals surface area (Å²) < 4.78 is 0. The number of pyridine rings is 1. The van der Waals surface area contributed by atoms with Crippen molar-refractivity contribution in [3.8, 4) is 0 Å². The van der Waals surface area contributed by atoms with Crippen molar-refractivity contribution in [2.75, 3.05) is 6.54 Å². The maximum atomic E-state index is 11.7. The van der Waals surface area contributed by atoms with Crippen molar-refractivity contribution in [2.24, 2.45) is 5.10 Å². The van der Waals surface area contributed by atoms with E-state index >= 15 is 0 Å². The van der Waals surface area contributed by atoms with Crippen molar-refractivity contribution in [3.63, 3.8) is 0 Å². The Morgan fingerprint density at radius 2 is 1.87 bits per heavy atom. The lowest BCUT2D eigenvalue weighted by molar-refractivity contribution is -0.120. The van der Waals surface area contributed by atoms with Crippen LogP contribution in [0, 0.1) is 0 Å². The van der Waals surface area contributed by atoms with Crippen LogP contribution in [-0.2, 0) is 4.79 Å². The Kier molecular flexibility index (Phi) is 6.22. The third-order valence-corrected chi connectivity index (χ3v) is 2.75. The van der Waals surface area contributed by atoms with Gasteiger partial charge in [-0.2, -0.15) is 5.10 Å². The number of hydrogen-bond acceptors (Lipinski definition) is 4. The first-order valence-electron chi connectivity index (χ1n) is 6.98. The van der Waals surface area contributed by atoms with Crippen molar-refractivity contribution < 1.29 is 9.59 Å². The molecular formula is C17H16N4O2. The number of amides is 2. The topological polar surface area (TPSA) is 83.5 Å². The molecule has 0 saturated carbocycles. The summed E-state index contributed by atoms with van der Waals surface area (Å²) in [5.41, 5.74) is 3.61. The average molecular weight is 308 g/mol. The van der Waals surface area contributed by atoms with E-state index in [1.807, 2.05) is 36.4 Å². The number of aromatic nitrogens is 1. The third kappa shape index (κ3) is 5.92. The second kappa shape index (κ2) is 8.89. The fourth-order valence-electron chi connectivity index (χ4n) is 1.66. The molecule has 0 aliphatic rings. The van der Waals surface area contributed by atoms with Gasteiger partial charge in [0.15, 0.2) is 0 Å². The highest BCUT2D eigenvalue weighted by Gasteiger charge is 2.07. The number of rotatable bonds is 6. The Labute approximate surface area is 133 Å². The van der Waals surface area contributed by atoms with Gasteiger partial charge in [0.25, 0.3) is 11.8 Å². The molecule has 0 bridgehead atoms. The monoisotopic (exact) mass is 308 g/mol. The van der Waals surface area contributed by atoms with Gasteiger partial charge in [0.05, 0.1) is 6.54 Å². The summed E-state index contributed by atoms with van der Waals surface area (Å²) in [5.74, 6) is -0.827. The minimum absolute atomic E-state index is 0.171. The van der Waals surface area contributed by atoms with E-state index in [0.717, 1.165) is 5.56 Å². The molecule has 116 valence electrons. The predicted octanol–water partition coefficient (Wildman–Crippen LogP) is 1.63. The lowest BCUT2D eigenvalue weighted by atomic mass is 10.2. The Morgan fingerprint density at radius 1 is 1.09 bits per heavy atom. The van der Waals surface area contributed by atoms with Gasteiger partial charge in [0.2, 0.25) is 0 Å². The lowest BCUT2D eigenvalue weighted by Crippen LogP contribution is -2.35. The number of nitrogens with one attached hydrogen (secondary N) is 2. The molecule has 0 radical (unpaired) electrons. The quantitative estimate of drug-likeness (QED) is 0.628. The van der Waals surface area contributed by atoms with E-state index in [1.165, 1.54) is 12.4 Å². The normalized spacial score (nSPS) is 10.8. The molecule has 0 fully saturated rings. The van der Waals surface area contributed by atoms with E-state index in [-0.39, 0.29) is 12.2 Å². The van der Waals surface area contributed by atoms with Gasteiger partial charge in [-0.15, -0.1) is 0 Å². The number of carbonyl (C=O) groups excluding carboxylic acids is 2. The minimum atomic E-state index is -0.418. The molecule has 2 aromatic rings. The minimum Gasteiger partial charge on any atom is -0.342 e. The van der Waals surface area contributed by atoms with E-state index in [0.29, 0.717) is 0 Å². The Hall–Kier alpha value is -3.28. The van der Waals surface area contributed by atoms with Crippen molar-refractivity contribution >= 4 is 24.1 Å². The maximum absolute atomic E-state index is 11.7. The van der Waals surface area contributed by atoms with Gasteiger partial charge in [-0.25, -0.2) is 5.43 Å². The summed E-state index contributed by atoms with van der Waals surface area (Å²) in [7, 11) is 0. The van der Waals surface area contributed by atoms with Crippen LogP contribution in [0.5, 0.6) is 0 Å². The number of benzene rings is 1. The van der Waals surface area contributed by atoms with Crippen LogP contribution in [0.25, 0.3) is 6.08 Å². The zero-order valence-electron chi connectivity index (χ0n) is 12.3. The average Bonchev–Trinajstić information content (AvgIpc) is 2.61. The maximum Gasteiger partial charge on any atom is 0.270 e. The van der Waals surface area contributed by atoms with E-state index in [2.05, 4.69) is 20.8 Å². The molecule has 2 rings (SSSR count). The largest absolute Gasteiger partial charge is 0.342 e. The molecule has 0 atom stereocenters. The van der Waals surface area contributed by atoms with Crippen LogP contribution in [0.1, 0.15) is 16.1 Å². The molecule has 0 spiro atoms.